The first-order valence-corrected chi connectivity index (χ1v) is 5.92. The van der Waals surface area contributed by atoms with Crippen LogP contribution in [0.5, 0.6) is 5.88 Å². The highest BCUT2D eigenvalue weighted by Crippen LogP contribution is 2.21. The fourth-order valence-corrected chi connectivity index (χ4v) is 1.76. The number of carbonyl (C=O) groups excluding carboxylic acids is 1. The summed E-state index contributed by atoms with van der Waals surface area (Å²) >= 11 is 3.30. The lowest BCUT2D eigenvalue weighted by Gasteiger charge is -2.19. The molecule has 1 aromatic rings. The van der Waals surface area contributed by atoms with Crippen molar-refractivity contribution in [3.8, 4) is 5.88 Å². The number of nitrogens with zero attached hydrogens (tertiary/aromatic N) is 2. The predicted molar refractivity (Wildman–Crippen MR) is 65.7 cm³/mol. The highest BCUT2D eigenvalue weighted by molar-refractivity contribution is 9.10. The molecule has 0 unspecified atom stereocenters. The zero-order valence-electron chi connectivity index (χ0n) is 9.66. The second-order valence-electron chi connectivity index (χ2n) is 3.19. The first-order valence-electron chi connectivity index (χ1n) is 5.12. The van der Waals surface area contributed by atoms with Crippen LogP contribution in [0.15, 0.2) is 16.7 Å². The van der Waals surface area contributed by atoms with Crippen LogP contribution in [0.1, 0.15) is 24.2 Å². The molecule has 1 amide bonds. The van der Waals surface area contributed by atoms with Crippen LogP contribution in [-0.2, 0) is 0 Å². The van der Waals surface area contributed by atoms with Crippen molar-refractivity contribution in [2.45, 2.75) is 13.8 Å². The maximum atomic E-state index is 12.1. The van der Waals surface area contributed by atoms with Gasteiger partial charge in [0.2, 0.25) is 5.88 Å². The Labute approximate surface area is 104 Å². The van der Waals surface area contributed by atoms with Crippen molar-refractivity contribution < 1.29 is 9.53 Å². The van der Waals surface area contributed by atoms with Crippen molar-refractivity contribution in [3.63, 3.8) is 0 Å². The van der Waals surface area contributed by atoms with Gasteiger partial charge in [-0.3, -0.25) is 4.79 Å². The Bertz CT molecular complexity index is 378. The molecule has 5 heteroatoms. The van der Waals surface area contributed by atoms with Crippen LogP contribution in [0.2, 0.25) is 0 Å². The van der Waals surface area contributed by atoms with Crippen molar-refractivity contribution in [2.75, 3.05) is 20.2 Å². The molecular weight excluding hydrogens is 272 g/mol. The molecule has 4 nitrogen and oxygen atoms in total. The second kappa shape index (κ2) is 5.84. The number of hydrogen-bond donors (Lipinski definition) is 0. The minimum atomic E-state index is -0.0596. The van der Waals surface area contributed by atoms with Crippen molar-refractivity contribution in [1.82, 2.24) is 9.88 Å². The average Bonchev–Trinajstić information content (AvgIpc) is 2.30. The summed E-state index contributed by atoms with van der Waals surface area (Å²) < 4.78 is 5.85. The molecule has 16 heavy (non-hydrogen) atoms. The molecule has 1 aromatic heterocycles. The molecule has 0 radical (unpaired) electrons. The first kappa shape index (κ1) is 13.0. The fraction of sp³-hybridized carbons (Fsp3) is 0.455. The maximum absolute atomic E-state index is 12.1. The van der Waals surface area contributed by atoms with E-state index in [0.717, 1.165) is 4.47 Å². The molecule has 0 aromatic carbocycles. The number of methoxy groups -OCH3 is 1. The Kier molecular flexibility index (Phi) is 4.73. The van der Waals surface area contributed by atoms with Crippen LogP contribution < -0.4 is 4.74 Å². The highest BCUT2D eigenvalue weighted by atomic mass is 79.9. The summed E-state index contributed by atoms with van der Waals surface area (Å²) in [5.74, 6) is 0.302. The average molecular weight is 287 g/mol. The molecule has 0 saturated heterocycles. The molecule has 0 atom stereocenters. The third kappa shape index (κ3) is 2.72. The minimum absolute atomic E-state index is 0.0596. The van der Waals surface area contributed by atoms with Gasteiger partial charge in [0.25, 0.3) is 5.91 Å². The summed E-state index contributed by atoms with van der Waals surface area (Å²) in [6.45, 7) is 5.23. The molecule has 1 rings (SSSR count). The molecule has 0 bridgehead atoms. The van der Waals surface area contributed by atoms with E-state index in [2.05, 4.69) is 20.9 Å². The Balaban J connectivity index is 3.10. The zero-order valence-corrected chi connectivity index (χ0v) is 11.2. The molecule has 0 spiro atoms. The number of carbonyl (C=O) groups is 1. The number of halogens is 1. The van der Waals surface area contributed by atoms with E-state index in [1.165, 1.54) is 7.11 Å². The zero-order chi connectivity index (χ0) is 12.1. The van der Waals surface area contributed by atoms with E-state index in [-0.39, 0.29) is 5.91 Å². The summed E-state index contributed by atoms with van der Waals surface area (Å²) in [4.78, 5) is 17.9. The third-order valence-corrected chi connectivity index (χ3v) is 2.73. The summed E-state index contributed by atoms with van der Waals surface area (Å²) in [5.41, 5.74) is 0.487. The minimum Gasteiger partial charge on any atom is -0.480 e. The molecule has 1 heterocycles. The van der Waals surface area contributed by atoms with Gasteiger partial charge >= 0.3 is 0 Å². The largest absolute Gasteiger partial charge is 0.480 e. The Morgan fingerprint density at radius 3 is 2.62 bits per heavy atom. The molecule has 0 aliphatic carbocycles. The predicted octanol–water partition coefficient (Wildman–Crippen LogP) is 2.33. The van der Waals surface area contributed by atoms with Gasteiger partial charge in [-0.2, -0.15) is 0 Å². The van der Waals surface area contributed by atoms with Gasteiger partial charge < -0.3 is 9.64 Å². The lowest BCUT2D eigenvalue weighted by molar-refractivity contribution is 0.0768. The standard InChI is InChI=1S/C11H15BrN2O2/c1-4-14(5-2)11(15)9-6-8(12)7-13-10(9)16-3/h6-7H,4-5H2,1-3H3. The van der Waals surface area contributed by atoms with E-state index < -0.39 is 0 Å². The van der Waals surface area contributed by atoms with Gasteiger partial charge in [-0.1, -0.05) is 0 Å². The van der Waals surface area contributed by atoms with E-state index in [1.807, 2.05) is 13.8 Å². The van der Waals surface area contributed by atoms with Crippen LogP contribution in [-0.4, -0.2) is 36.0 Å². The van der Waals surface area contributed by atoms with Crippen molar-refractivity contribution in [1.29, 1.82) is 0 Å². The topological polar surface area (TPSA) is 42.4 Å². The van der Waals surface area contributed by atoms with Crippen LogP contribution >= 0.6 is 15.9 Å². The quantitative estimate of drug-likeness (QED) is 0.853. The normalized spacial score (nSPS) is 10.0. The van der Waals surface area contributed by atoms with Gasteiger partial charge in [-0.15, -0.1) is 0 Å². The fourth-order valence-electron chi connectivity index (χ4n) is 1.42. The van der Waals surface area contributed by atoms with E-state index >= 15 is 0 Å². The molecule has 0 fully saturated rings. The van der Waals surface area contributed by atoms with Crippen LogP contribution in [0.4, 0.5) is 0 Å². The van der Waals surface area contributed by atoms with E-state index in [9.17, 15) is 4.79 Å². The maximum Gasteiger partial charge on any atom is 0.259 e. The van der Waals surface area contributed by atoms with Gasteiger partial charge in [0.1, 0.15) is 5.56 Å². The smallest absolute Gasteiger partial charge is 0.259 e. The summed E-state index contributed by atoms with van der Waals surface area (Å²) in [7, 11) is 1.51. The number of rotatable bonds is 4. The second-order valence-corrected chi connectivity index (χ2v) is 4.10. The molecular formula is C11H15BrN2O2. The lowest BCUT2D eigenvalue weighted by Crippen LogP contribution is -2.30. The van der Waals surface area contributed by atoms with E-state index in [0.29, 0.717) is 24.5 Å². The number of amides is 1. The number of aromatic nitrogens is 1. The van der Waals surface area contributed by atoms with Crippen LogP contribution in [0.25, 0.3) is 0 Å². The van der Waals surface area contributed by atoms with Gasteiger partial charge in [-0.05, 0) is 35.8 Å². The monoisotopic (exact) mass is 286 g/mol. The Morgan fingerprint density at radius 1 is 1.50 bits per heavy atom. The van der Waals surface area contributed by atoms with Gasteiger partial charge in [-0.25, -0.2) is 4.98 Å². The van der Waals surface area contributed by atoms with Crippen LogP contribution in [0.3, 0.4) is 0 Å². The molecule has 0 N–H and O–H groups in total. The molecule has 88 valence electrons. The molecule has 0 aliphatic rings. The lowest BCUT2D eigenvalue weighted by atomic mass is 10.2. The number of pyridine rings is 1. The molecule has 0 aliphatic heterocycles. The third-order valence-electron chi connectivity index (χ3n) is 2.29. The SMILES string of the molecule is CCN(CC)C(=O)c1cc(Br)cnc1OC. The van der Waals surface area contributed by atoms with E-state index in [1.54, 1.807) is 17.2 Å². The van der Waals surface area contributed by atoms with Gasteiger partial charge in [0, 0.05) is 23.8 Å². The Morgan fingerprint density at radius 2 is 2.12 bits per heavy atom. The van der Waals surface area contributed by atoms with Gasteiger partial charge in [0.15, 0.2) is 0 Å². The van der Waals surface area contributed by atoms with Crippen molar-refractivity contribution >= 4 is 21.8 Å². The molecule has 0 saturated carbocycles. The summed E-state index contributed by atoms with van der Waals surface area (Å²) in [6, 6.07) is 1.73. The van der Waals surface area contributed by atoms with Crippen LogP contribution in [0, 0.1) is 0 Å². The van der Waals surface area contributed by atoms with Crippen molar-refractivity contribution in [3.05, 3.63) is 22.3 Å². The number of hydrogen-bond acceptors (Lipinski definition) is 3. The summed E-state index contributed by atoms with van der Waals surface area (Å²) in [5, 5.41) is 0. The number of ether oxygens (including phenoxy) is 1. The first-order chi connectivity index (χ1) is 7.63. The van der Waals surface area contributed by atoms with Gasteiger partial charge in [0.05, 0.1) is 7.11 Å². The van der Waals surface area contributed by atoms with Crippen molar-refractivity contribution in [2.24, 2.45) is 0 Å². The van der Waals surface area contributed by atoms with E-state index in [4.69, 9.17) is 4.74 Å². The highest BCUT2D eigenvalue weighted by Gasteiger charge is 2.18. The Hall–Kier alpha value is -1.10. The summed E-state index contributed by atoms with van der Waals surface area (Å²) in [6.07, 6.45) is 1.61.